The molecular weight excluding hydrogens is 616 g/mol. The third-order valence-corrected chi connectivity index (χ3v) is 9.36. The fourth-order valence-electron chi connectivity index (χ4n) is 5.44. The summed E-state index contributed by atoms with van der Waals surface area (Å²) in [6.07, 6.45) is -3.65. The molecule has 9 atom stereocenters. The molecule has 2 bridgehead atoms. The van der Waals surface area contributed by atoms with Crippen LogP contribution in [0.3, 0.4) is 0 Å². The molecule has 0 aliphatic carbocycles. The highest BCUT2D eigenvalue weighted by molar-refractivity contribution is 7.47. The lowest BCUT2D eigenvalue weighted by atomic mass is 10.1. The number of hydrogen-bond donors (Lipinski definition) is 5. The maximum Gasteiger partial charge on any atom is 0.472 e. The quantitative estimate of drug-likeness (QED) is 0.185. The highest BCUT2D eigenvalue weighted by Gasteiger charge is 2.51. The van der Waals surface area contributed by atoms with E-state index in [1.165, 1.54) is 21.7 Å². The second kappa shape index (κ2) is 10.5. The van der Waals surface area contributed by atoms with Crippen molar-refractivity contribution in [2.45, 2.75) is 49.4 Å². The standard InChI is InChI=1S/C22H25N7O12P2/c23-12-1-3-24-18-11(12)2-4-28(18)22-16(30)17-14(39-22)7-37-42(32,33)40-13-5-10(6-36-43(34,35)41-17)38-21(13)29-9-27-15-19(29)25-8-26-20(15)31/h1-4,8-10,13-14,16-17,21-22,30H,5-7H2,(H2,23,24)(H,32,33)(H,34,35)(H,25,26,31)/t10?,13-,14?,16-,17-,21-,22-/m1/s1. The number of aliphatic hydroxyl groups excluding tert-OH is 1. The largest absolute Gasteiger partial charge is 0.472 e. The molecule has 21 heteroatoms. The number of nitrogens with zero attached hydrogens (tertiary/aromatic N) is 5. The Morgan fingerprint density at radius 2 is 1.74 bits per heavy atom. The van der Waals surface area contributed by atoms with Crippen molar-refractivity contribution in [1.82, 2.24) is 29.1 Å². The Hall–Kier alpha value is -3.06. The first-order valence-electron chi connectivity index (χ1n) is 12.9. The summed E-state index contributed by atoms with van der Waals surface area (Å²) in [6.45, 7) is -1.21. The first-order chi connectivity index (χ1) is 20.5. The second-order valence-electron chi connectivity index (χ2n) is 10.1. The van der Waals surface area contributed by atoms with Crippen molar-refractivity contribution >= 4 is 43.5 Å². The summed E-state index contributed by atoms with van der Waals surface area (Å²) in [5.74, 6) is 0. The lowest BCUT2D eigenvalue weighted by molar-refractivity contribution is -0.0670. The zero-order chi connectivity index (χ0) is 30.1. The first kappa shape index (κ1) is 28.7. The number of phosphoric acid groups is 2. The molecule has 0 aromatic carbocycles. The molecule has 230 valence electrons. The van der Waals surface area contributed by atoms with Crippen LogP contribution in [-0.2, 0) is 36.7 Å². The van der Waals surface area contributed by atoms with Crippen LogP contribution < -0.4 is 11.3 Å². The number of anilines is 1. The average Bonchev–Trinajstić information content (AvgIpc) is 3.72. The van der Waals surface area contributed by atoms with Crippen LogP contribution in [0.5, 0.6) is 0 Å². The number of aromatic amines is 1. The van der Waals surface area contributed by atoms with Crippen LogP contribution in [0.25, 0.3) is 22.2 Å². The number of hydrogen-bond acceptors (Lipinski definition) is 14. The molecule has 4 aromatic rings. The normalized spacial score (nSPS) is 37.1. The zero-order valence-corrected chi connectivity index (χ0v) is 23.6. The van der Waals surface area contributed by atoms with E-state index in [0.717, 1.165) is 6.33 Å². The Kier molecular flexibility index (Phi) is 7.03. The molecule has 7 rings (SSSR count). The highest BCUT2D eigenvalue weighted by atomic mass is 31.2. The van der Waals surface area contributed by atoms with Gasteiger partial charge in [0, 0.05) is 29.9 Å². The summed E-state index contributed by atoms with van der Waals surface area (Å²) < 4.78 is 62.0. The van der Waals surface area contributed by atoms with Crippen molar-refractivity contribution in [3.8, 4) is 0 Å². The lowest BCUT2D eigenvalue weighted by Crippen LogP contribution is -2.36. The smallest absolute Gasteiger partial charge is 0.398 e. The van der Waals surface area contributed by atoms with Gasteiger partial charge in [-0.1, -0.05) is 0 Å². The number of phosphoric ester groups is 2. The highest BCUT2D eigenvalue weighted by Crippen LogP contribution is 2.53. The van der Waals surface area contributed by atoms with E-state index < -0.39 is 77.4 Å². The van der Waals surface area contributed by atoms with Gasteiger partial charge in [-0.05, 0) is 12.1 Å². The SMILES string of the molecule is Nc1ccnc2c1ccn2[C@@H]1OC2COP(=O)(O)O[C@@H]3CC(COP(=O)(O)O[C@H]2[C@H]1O)O[C@H]3n1cnc2c(=O)[nH]cnc21. The van der Waals surface area contributed by atoms with Gasteiger partial charge in [0.1, 0.15) is 30.1 Å². The monoisotopic (exact) mass is 641 g/mol. The molecule has 3 fully saturated rings. The van der Waals surface area contributed by atoms with Crippen LogP contribution >= 0.6 is 15.6 Å². The summed E-state index contributed by atoms with van der Waals surface area (Å²) in [5, 5.41) is 11.7. The Bertz CT molecular complexity index is 1850. The molecule has 0 radical (unpaired) electrons. The molecular formula is C22H25N7O12P2. The van der Waals surface area contributed by atoms with Gasteiger partial charge in [-0.3, -0.25) is 27.5 Å². The fraction of sp³-hybridized carbons (Fsp3) is 0.455. The van der Waals surface area contributed by atoms with Crippen LogP contribution in [0.4, 0.5) is 5.69 Å². The maximum absolute atomic E-state index is 13.1. The van der Waals surface area contributed by atoms with E-state index >= 15 is 0 Å². The van der Waals surface area contributed by atoms with Crippen molar-refractivity contribution in [2.24, 2.45) is 0 Å². The third-order valence-electron chi connectivity index (χ3n) is 7.37. The van der Waals surface area contributed by atoms with Crippen molar-refractivity contribution in [3.05, 3.63) is 47.5 Å². The molecule has 0 saturated carbocycles. The van der Waals surface area contributed by atoms with Crippen LogP contribution in [-0.4, -0.2) is 87.7 Å². The maximum atomic E-state index is 13.1. The molecule has 4 unspecified atom stereocenters. The van der Waals surface area contributed by atoms with Crippen LogP contribution in [0.2, 0.25) is 0 Å². The third kappa shape index (κ3) is 5.22. The molecule has 6 N–H and O–H groups in total. The number of aliphatic hydroxyl groups is 1. The second-order valence-corrected chi connectivity index (χ2v) is 12.9. The summed E-state index contributed by atoms with van der Waals surface area (Å²) in [4.78, 5) is 48.2. The summed E-state index contributed by atoms with van der Waals surface area (Å²) >= 11 is 0. The molecule has 0 spiro atoms. The minimum absolute atomic E-state index is 0.0125. The topological polar surface area (TPSA) is 258 Å². The lowest BCUT2D eigenvalue weighted by Gasteiger charge is -2.25. The number of nitrogens with two attached hydrogens (primary N) is 1. The van der Waals surface area contributed by atoms with Crippen LogP contribution in [0.15, 0.2) is 42.0 Å². The summed E-state index contributed by atoms with van der Waals surface area (Å²) in [7, 11) is -9.74. The first-order valence-corrected chi connectivity index (χ1v) is 15.9. The number of ether oxygens (including phenoxy) is 2. The van der Waals surface area contributed by atoms with Crippen molar-refractivity contribution in [1.29, 1.82) is 0 Å². The van der Waals surface area contributed by atoms with Gasteiger partial charge in [-0.15, -0.1) is 0 Å². The number of H-pyrrole nitrogens is 1. The fourth-order valence-corrected chi connectivity index (χ4v) is 7.35. The van der Waals surface area contributed by atoms with E-state index in [0.29, 0.717) is 16.7 Å². The van der Waals surface area contributed by atoms with E-state index in [4.69, 9.17) is 33.3 Å². The van der Waals surface area contributed by atoms with Gasteiger partial charge in [0.25, 0.3) is 5.56 Å². The number of nitrogens with one attached hydrogen (secondary N) is 1. The van der Waals surface area contributed by atoms with Gasteiger partial charge in [-0.25, -0.2) is 24.1 Å². The Labute approximate surface area is 240 Å². The van der Waals surface area contributed by atoms with Gasteiger partial charge in [0.05, 0.1) is 32.0 Å². The van der Waals surface area contributed by atoms with Crippen LogP contribution in [0.1, 0.15) is 18.9 Å². The van der Waals surface area contributed by atoms with Gasteiger partial charge in [0.15, 0.2) is 23.6 Å². The van der Waals surface area contributed by atoms with E-state index in [1.807, 2.05) is 0 Å². The van der Waals surface area contributed by atoms with Crippen molar-refractivity contribution < 1.29 is 51.6 Å². The summed E-state index contributed by atoms with van der Waals surface area (Å²) in [6, 6.07) is 3.24. The van der Waals surface area contributed by atoms with Gasteiger partial charge < -0.3 is 39.7 Å². The zero-order valence-electron chi connectivity index (χ0n) is 21.9. The van der Waals surface area contributed by atoms with E-state index in [2.05, 4.69) is 19.9 Å². The van der Waals surface area contributed by atoms with Crippen molar-refractivity contribution in [3.63, 3.8) is 0 Å². The molecule has 3 aliphatic rings. The molecule has 0 amide bonds. The average molecular weight is 641 g/mol. The summed E-state index contributed by atoms with van der Waals surface area (Å²) in [5.41, 5.74) is 6.35. The van der Waals surface area contributed by atoms with Crippen molar-refractivity contribution in [2.75, 3.05) is 18.9 Å². The predicted molar refractivity (Wildman–Crippen MR) is 142 cm³/mol. The van der Waals surface area contributed by atoms with Crippen LogP contribution in [0, 0.1) is 0 Å². The van der Waals surface area contributed by atoms with E-state index in [9.17, 15) is 28.8 Å². The van der Waals surface area contributed by atoms with Gasteiger partial charge in [0.2, 0.25) is 0 Å². The molecule has 43 heavy (non-hydrogen) atoms. The Morgan fingerprint density at radius 1 is 0.953 bits per heavy atom. The molecule has 3 aliphatic heterocycles. The minimum atomic E-state index is -4.88. The molecule has 7 heterocycles. The molecule has 4 aromatic heterocycles. The van der Waals surface area contributed by atoms with Gasteiger partial charge >= 0.3 is 15.6 Å². The number of fused-ring (bicyclic) bond motifs is 5. The predicted octanol–water partition coefficient (Wildman–Crippen LogP) is 0.315. The minimum Gasteiger partial charge on any atom is -0.398 e. The molecule has 3 saturated heterocycles. The molecule has 19 nitrogen and oxygen atoms in total. The number of imidazole rings is 1. The number of aromatic nitrogens is 6. The Balaban J connectivity index is 1.18. The van der Waals surface area contributed by atoms with Gasteiger partial charge in [-0.2, -0.15) is 0 Å². The van der Waals surface area contributed by atoms with E-state index in [-0.39, 0.29) is 17.6 Å². The number of nitrogen functional groups attached to an aromatic ring is 1. The van der Waals surface area contributed by atoms with E-state index in [1.54, 1.807) is 18.3 Å². The number of pyridine rings is 1. The number of rotatable bonds is 2. The Morgan fingerprint density at radius 3 is 2.58 bits per heavy atom.